The van der Waals surface area contributed by atoms with Gasteiger partial charge < -0.3 is 10.1 Å². The standard InChI is InChI=1S/C14H14Cl2N2O2S/c1-8-10(4-5-19)13(20)18-14(17-8)21-7-9-2-3-11(15)12(16)6-9/h2-3,6,19H,4-5,7H2,1H3,(H,17,18,20). The molecule has 112 valence electrons. The van der Waals surface area contributed by atoms with Crippen molar-refractivity contribution in [1.29, 1.82) is 0 Å². The molecule has 0 saturated heterocycles. The van der Waals surface area contributed by atoms with Gasteiger partial charge in [0.25, 0.3) is 5.56 Å². The zero-order valence-corrected chi connectivity index (χ0v) is 13.6. The lowest BCUT2D eigenvalue weighted by Crippen LogP contribution is -2.18. The van der Waals surface area contributed by atoms with E-state index < -0.39 is 0 Å². The molecule has 1 aromatic heterocycles. The van der Waals surface area contributed by atoms with Gasteiger partial charge in [-0.15, -0.1) is 0 Å². The molecular formula is C14H14Cl2N2O2S. The number of nitrogens with zero attached hydrogens (tertiary/aromatic N) is 1. The molecule has 2 N–H and O–H groups in total. The Morgan fingerprint density at radius 1 is 1.33 bits per heavy atom. The fourth-order valence-electron chi connectivity index (χ4n) is 1.84. The Balaban J connectivity index is 2.13. The summed E-state index contributed by atoms with van der Waals surface area (Å²) in [6.45, 7) is 1.70. The predicted molar refractivity (Wildman–Crippen MR) is 86.4 cm³/mol. The maximum atomic E-state index is 11.9. The molecule has 7 heteroatoms. The lowest BCUT2D eigenvalue weighted by molar-refractivity contribution is 0.298. The van der Waals surface area contributed by atoms with Gasteiger partial charge in [-0.25, -0.2) is 4.98 Å². The largest absolute Gasteiger partial charge is 0.396 e. The minimum Gasteiger partial charge on any atom is -0.396 e. The first-order chi connectivity index (χ1) is 10.0. The van der Waals surface area contributed by atoms with E-state index >= 15 is 0 Å². The van der Waals surface area contributed by atoms with Crippen LogP contribution in [-0.4, -0.2) is 21.7 Å². The highest BCUT2D eigenvalue weighted by molar-refractivity contribution is 7.98. The van der Waals surface area contributed by atoms with Crippen molar-refractivity contribution < 1.29 is 5.11 Å². The number of aliphatic hydroxyl groups excluding tert-OH is 1. The van der Waals surface area contributed by atoms with Crippen LogP contribution in [0.2, 0.25) is 10.0 Å². The van der Waals surface area contributed by atoms with Crippen LogP contribution in [0.25, 0.3) is 0 Å². The summed E-state index contributed by atoms with van der Waals surface area (Å²) in [5, 5.41) is 10.5. The summed E-state index contributed by atoms with van der Waals surface area (Å²) in [6.07, 6.45) is 0.311. The Bertz CT molecular complexity index is 704. The highest BCUT2D eigenvalue weighted by Gasteiger charge is 2.08. The second kappa shape index (κ2) is 7.31. The second-order valence-electron chi connectivity index (χ2n) is 4.45. The average Bonchev–Trinajstić information content (AvgIpc) is 2.44. The van der Waals surface area contributed by atoms with Gasteiger partial charge in [-0.1, -0.05) is 41.0 Å². The molecule has 0 spiro atoms. The molecule has 4 nitrogen and oxygen atoms in total. The molecule has 0 bridgehead atoms. The quantitative estimate of drug-likeness (QED) is 0.645. The van der Waals surface area contributed by atoms with Crippen LogP contribution in [0.5, 0.6) is 0 Å². The summed E-state index contributed by atoms with van der Waals surface area (Å²) in [4.78, 5) is 19.0. The van der Waals surface area contributed by atoms with Crippen molar-refractivity contribution in [3.63, 3.8) is 0 Å². The molecule has 0 unspecified atom stereocenters. The summed E-state index contributed by atoms with van der Waals surface area (Å²) in [5.74, 6) is 0.624. The molecule has 2 rings (SSSR count). The normalized spacial score (nSPS) is 10.9. The van der Waals surface area contributed by atoms with Crippen LogP contribution in [0.1, 0.15) is 16.8 Å². The number of rotatable bonds is 5. The van der Waals surface area contributed by atoms with Crippen LogP contribution >= 0.6 is 35.0 Å². The van der Waals surface area contributed by atoms with E-state index in [0.717, 1.165) is 5.56 Å². The van der Waals surface area contributed by atoms with Crippen molar-refractivity contribution in [2.45, 2.75) is 24.3 Å². The van der Waals surface area contributed by atoms with E-state index in [2.05, 4.69) is 9.97 Å². The average molecular weight is 345 g/mol. The van der Waals surface area contributed by atoms with Gasteiger partial charge in [0.2, 0.25) is 0 Å². The van der Waals surface area contributed by atoms with Gasteiger partial charge in [0, 0.05) is 30.0 Å². The van der Waals surface area contributed by atoms with E-state index in [1.807, 2.05) is 6.07 Å². The van der Waals surface area contributed by atoms with Crippen molar-refractivity contribution in [3.8, 4) is 0 Å². The van der Waals surface area contributed by atoms with Crippen molar-refractivity contribution in [2.24, 2.45) is 0 Å². The predicted octanol–water partition coefficient (Wildman–Crippen LogP) is 3.21. The number of H-pyrrole nitrogens is 1. The minimum atomic E-state index is -0.201. The van der Waals surface area contributed by atoms with Crippen molar-refractivity contribution in [3.05, 3.63) is 55.4 Å². The first-order valence-electron chi connectivity index (χ1n) is 6.28. The van der Waals surface area contributed by atoms with Gasteiger partial charge in [0.1, 0.15) is 0 Å². The molecule has 0 aliphatic rings. The van der Waals surface area contributed by atoms with Crippen LogP contribution in [-0.2, 0) is 12.2 Å². The first kappa shape index (κ1) is 16.4. The fraction of sp³-hybridized carbons (Fsp3) is 0.286. The molecule has 0 aliphatic heterocycles. The van der Waals surface area contributed by atoms with Crippen molar-refractivity contribution >= 4 is 35.0 Å². The maximum absolute atomic E-state index is 11.9. The number of aromatic nitrogens is 2. The lowest BCUT2D eigenvalue weighted by atomic mass is 10.2. The minimum absolute atomic E-state index is 0.0681. The van der Waals surface area contributed by atoms with Gasteiger partial charge in [0.05, 0.1) is 10.0 Å². The third kappa shape index (κ3) is 4.23. The second-order valence-corrected chi connectivity index (χ2v) is 6.22. The smallest absolute Gasteiger partial charge is 0.255 e. The highest BCUT2D eigenvalue weighted by atomic mass is 35.5. The molecule has 0 amide bonds. The zero-order chi connectivity index (χ0) is 15.4. The Morgan fingerprint density at radius 2 is 2.10 bits per heavy atom. The van der Waals surface area contributed by atoms with E-state index in [4.69, 9.17) is 28.3 Å². The van der Waals surface area contributed by atoms with Crippen LogP contribution in [0.3, 0.4) is 0 Å². The molecule has 0 aliphatic carbocycles. The Kier molecular flexibility index (Phi) is 5.70. The fourth-order valence-corrected chi connectivity index (χ4v) is 3.01. The highest BCUT2D eigenvalue weighted by Crippen LogP contribution is 2.26. The van der Waals surface area contributed by atoms with Crippen molar-refractivity contribution in [1.82, 2.24) is 9.97 Å². The third-order valence-electron chi connectivity index (χ3n) is 2.92. The van der Waals surface area contributed by atoms with Crippen LogP contribution in [0.15, 0.2) is 28.2 Å². The number of aliphatic hydroxyl groups is 1. The molecule has 21 heavy (non-hydrogen) atoms. The summed E-state index contributed by atoms with van der Waals surface area (Å²) in [5.41, 5.74) is 1.96. The Hall–Kier alpha value is -1.01. The SMILES string of the molecule is Cc1nc(SCc2ccc(Cl)c(Cl)c2)[nH]c(=O)c1CCO. The Morgan fingerprint density at radius 3 is 2.71 bits per heavy atom. The summed E-state index contributed by atoms with van der Waals surface area (Å²) < 4.78 is 0. The van der Waals surface area contributed by atoms with Gasteiger partial charge in [-0.05, 0) is 24.6 Å². The van der Waals surface area contributed by atoms with Gasteiger partial charge >= 0.3 is 0 Å². The van der Waals surface area contributed by atoms with Crippen LogP contribution in [0, 0.1) is 6.92 Å². The van der Waals surface area contributed by atoms with Crippen LogP contribution in [0.4, 0.5) is 0 Å². The number of aromatic amines is 1. The molecule has 0 saturated carbocycles. The number of hydrogen-bond acceptors (Lipinski definition) is 4. The van der Waals surface area contributed by atoms with E-state index in [1.165, 1.54) is 11.8 Å². The molecule has 1 aromatic carbocycles. The van der Waals surface area contributed by atoms with Crippen LogP contribution < -0.4 is 5.56 Å². The van der Waals surface area contributed by atoms with Gasteiger partial charge in [-0.2, -0.15) is 0 Å². The topological polar surface area (TPSA) is 66.0 Å². The number of benzene rings is 1. The van der Waals surface area contributed by atoms with E-state index in [0.29, 0.717) is 38.6 Å². The summed E-state index contributed by atoms with van der Waals surface area (Å²) in [7, 11) is 0. The lowest BCUT2D eigenvalue weighted by Gasteiger charge is -2.06. The molecule has 2 aromatic rings. The van der Waals surface area contributed by atoms with Gasteiger partial charge in [0.15, 0.2) is 5.16 Å². The van der Waals surface area contributed by atoms with Gasteiger partial charge in [-0.3, -0.25) is 4.79 Å². The number of halogens is 2. The third-order valence-corrected chi connectivity index (χ3v) is 4.61. The van der Waals surface area contributed by atoms with E-state index in [9.17, 15) is 4.79 Å². The first-order valence-corrected chi connectivity index (χ1v) is 8.02. The Labute approximate surface area is 136 Å². The molecule has 0 atom stereocenters. The monoisotopic (exact) mass is 344 g/mol. The molecular weight excluding hydrogens is 331 g/mol. The molecule has 0 fully saturated rings. The van der Waals surface area contributed by atoms with E-state index in [1.54, 1.807) is 19.1 Å². The number of hydrogen-bond donors (Lipinski definition) is 2. The number of nitrogens with one attached hydrogen (secondary N) is 1. The number of aryl methyl sites for hydroxylation is 1. The van der Waals surface area contributed by atoms with Crippen molar-refractivity contribution in [2.75, 3.05) is 6.61 Å². The molecule has 0 radical (unpaired) electrons. The summed E-state index contributed by atoms with van der Waals surface area (Å²) in [6, 6.07) is 5.42. The van der Waals surface area contributed by atoms with E-state index in [-0.39, 0.29) is 12.2 Å². The zero-order valence-electron chi connectivity index (χ0n) is 11.3. The molecule has 1 heterocycles. The summed E-state index contributed by atoms with van der Waals surface area (Å²) >= 11 is 13.2. The maximum Gasteiger partial charge on any atom is 0.255 e. The number of thioether (sulfide) groups is 1.